The molecule has 142 valence electrons. The summed E-state index contributed by atoms with van der Waals surface area (Å²) < 4.78 is 23.2. The molecule has 0 radical (unpaired) electrons. The Balaban J connectivity index is 1.52. The molecule has 1 saturated carbocycles. The Morgan fingerprint density at radius 1 is 1.23 bits per heavy atom. The molecule has 1 heterocycles. The van der Waals surface area contributed by atoms with E-state index in [1.807, 2.05) is 6.07 Å². The summed E-state index contributed by atoms with van der Waals surface area (Å²) in [6, 6.07) is 10.4. The first-order valence-corrected chi connectivity index (χ1v) is 11.3. The summed E-state index contributed by atoms with van der Waals surface area (Å²) in [5, 5.41) is 3.42. The van der Waals surface area contributed by atoms with E-state index in [9.17, 15) is 8.42 Å². The number of piperidine rings is 1. The number of rotatable bonds is 5. The Labute approximate surface area is 157 Å². The van der Waals surface area contributed by atoms with Gasteiger partial charge in [0.15, 0.2) is 5.96 Å². The Hall–Kier alpha value is -1.82. The molecule has 0 unspecified atom stereocenters. The van der Waals surface area contributed by atoms with Crippen LogP contribution in [-0.2, 0) is 9.84 Å². The van der Waals surface area contributed by atoms with Crippen LogP contribution in [0.3, 0.4) is 0 Å². The topological polar surface area (TPSA) is 61.8 Å². The molecule has 0 spiro atoms. The first-order chi connectivity index (χ1) is 12.4. The summed E-state index contributed by atoms with van der Waals surface area (Å²) in [6.45, 7) is 2.57. The molecular weight excluding hydrogens is 346 g/mol. The molecule has 0 bridgehead atoms. The van der Waals surface area contributed by atoms with Crippen LogP contribution >= 0.6 is 0 Å². The van der Waals surface area contributed by atoms with Crippen molar-refractivity contribution in [3.63, 3.8) is 0 Å². The molecular formula is C20H29N3O2S. The lowest BCUT2D eigenvalue weighted by atomic mass is 10.0. The molecule has 1 aromatic rings. The molecule has 1 aliphatic carbocycles. The summed E-state index contributed by atoms with van der Waals surface area (Å²) in [6.07, 6.45) is 7.64. The van der Waals surface area contributed by atoms with Crippen LogP contribution in [0.5, 0.6) is 0 Å². The lowest BCUT2D eigenvalue weighted by Gasteiger charge is -2.32. The molecule has 0 aromatic heterocycles. The standard InChI is InChI=1S/C20H29N3O2S/c1-21-19(22-15-20(10-11-20)16-26(2,24)25)23-12-8-18(9-13-23)14-17-6-4-3-5-7-17/h3-7,14H,8-13,15-16H2,1-2H3,(H,21,22). The van der Waals surface area contributed by atoms with E-state index in [0.29, 0.717) is 6.54 Å². The van der Waals surface area contributed by atoms with Crippen molar-refractivity contribution >= 4 is 21.9 Å². The van der Waals surface area contributed by atoms with Crippen LogP contribution in [0.15, 0.2) is 40.9 Å². The zero-order chi connectivity index (χ0) is 18.6. The van der Waals surface area contributed by atoms with Crippen LogP contribution in [0.1, 0.15) is 31.2 Å². The van der Waals surface area contributed by atoms with Crippen molar-refractivity contribution in [2.24, 2.45) is 10.4 Å². The normalized spacial score (nSPS) is 20.0. The van der Waals surface area contributed by atoms with Crippen LogP contribution < -0.4 is 5.32 Å². The highest BCUT2D eigenvalue weighted by Crippen LogP contribution is 2.46. The van der Waals surface area contributed by atoms with Crippen molar-refractivity contribution in [2.45, 2.75) is 25.7 Å². The van der Waals surface area contributed by atoms with Gasteiger partial charge in [-0.1, -0.05) is 42.0 Å². The van der Waals surface area contributed by atoms with Gasteiger partial charge in [-0.05, 0) is 31.2 Å². The first-order valence-electron chi connectivity index (χ1n) is 9.27. The Morgan fingerprint density at radius 3 is 2.42 bits per heavy atom. The number of hydrogen-bond acceptors (Lipinski definition) is 3. The third kappa shape index (κ3) is 5.34. The third-order valence-electron chi connectivity index (χ3n) is 5.23. The maximum atomic E-state index is 11.6. The van der Waals surface area contributed by atoms with Gasteiger partial charge >= 0.3 is 0 Å². The number of benzene rings is 1. The fourth-order valence-electron chi connectivity index (χ4n) is 3.64. The molecule has 0 amide bonds. The van der Waals surface area contributed by atoms with Crippen molar-refractivity contribution in [3.8, 4) is 0 Å². The summed E-state index contributed by atoms with van der Waals surface area (Å²) in [5.41, 5.74) is 2.64. The van der Waals surface area contributed by atoms with E-state index in [-0.39, 0.29) is 11.2 Å². The second-order valence-electron chi connectivity index (χ2n) is 7.67. The number of nitrogens with zero attached hydrogens (tertiary/aromatic N) is 2. The molecule has 5 nitrogen and oxygen atoms in total. The average molecular weight is 376 g/mol. The maximum Gasteiger partial charge on any atom is 0.193 e. The van der Waals surface area contributed by atoms with Gasteiger partial charge in [0.2, 0.25) is 0 Å². The van der Waals surface area contributed by atoms with Crippen LogP contribution in [0.25, 0.3) is 6.08 Å². The average Bonchev–Trinajstić information content (AvgIpc) is 3.35. The van der Waals surface area contributed by atoms with Gasteiger partial charge in [0.05, 0.1) is 5.75 Å². The fourth-order valence-corrected chi connectivity index (χ4v) is 5.14. The van der Waals surface area contributed by atoms with Gasteiger partial charge in [-0.2, -0.15) is 0 Å². The summed E-state index contributed by atoms with van der Waals surface area (Å²) >= 11 is 0. The van der Waals surface area contributed by atoms with Crippen molar-refractivity contribution in [1.29, 1.82) is 0 Å². The van der Waals surface area contributed by atoms with E-state index >= 15 is 0 Å². The van der Waals surface area contributed by atoms with Crippen molar-refractivity contribution in [2.75, 3.05) is 38.7 Å². The quantitative estimate of drug-likeness (QED) is 0.635. The van der Waals surface area contributed by atoms with E-state index in [1.165, 1.54) is 17.4 Å². The number of hydrogen-bond donors (Lipinski definition) is 1. The van der Waals surface area contributed by atoms with E-state index in [1.54, 1.807) is 7.05 Å². The van der Waals surface area contributed by atoms with Crippen LogP contribution in [0, 0.1) is 5.41 Å². The zero-order valence-corrected chi connectivity index (χ0v) is 16.6. The van der Waals surface area contributed by atoms with Gasteiger partial charge in [-0.25, -0.2) is 8.42 Å². The monoisotopic (exact) mass is 375 g/mol. The highest BCUT2D eigenvalue weighted by atomic mass is 32.2. The number of sulfone groups is 1. The molecule has 6 heteroatoms. The Bertz CT molecular complexity index is 771. The second kappa shape index (κ2) is 7.82. The summed E-state index contributed by atoms with van der Waals surface area (Å²) in [5.74, 6) is 1.16. The molecule has 1 aromatic carbocycles. The molecule has 0 atom stereocenters. The van der Waals surface area contributed by atoms with Gasteiger partial charge < -0.3 is 10.2 Å². The van der Waals surface area contributed by atoms with Crippen LogP contribution in [-0.4, -0.2) is 58.0 Å². The van der Waals surface area contributed by atoms with Crippen LogP contribution in [0.4, 0.5) is 0 Å². The van der Waals surface area contributed by atoms with Gasteiger partial charge in [0, 0.05) is 38.4 Å². The smallest absolute Gasteiger partial charge is 0.193 e. The highest BCUT2D eigenvalue weighted by Gasteiger charge is 2.45. The molecule has 1 N–H and O–H groups in total. The third-order valence-corrected chi connectivity index (χ3v) is 6.37. The largest absolute Gasteiger partial charge is 0.356 e. The number of likely N-dealkylation sites (tertiary alicyclic amines) is 1. The van der Waals surface area contributed by atoms with E-state index in [4.69, 9.17) is 0 Å². The second-order valence-corrected chi connectivity index (χ2v) is 9.81. The number of nitrogens with one attached hydrogen (secondary N) is 1. The fraction of sp³-hybridized carbons (Fsp3) is 0.550. The summed E-state index contributed by atoms with van der Waals surface area (Å²) in [7, 11) is -1.14. The minimum Gasteiger partial charge on any atom is -0.356 e. The van der Waals surface area contributed by atoms with E-state index in [2.05, 4.69) is 45.6 Å². The number of guanidine groups is 1. The van der Waals surface area contributed by atoms with Crippen molar-refractivity contribution in [3.05, 3.63) is 41.5 Å². The lowest BCUT2D eigenvalue weighted by molar-refractivity contribution is 0.370. The number of aliphatic imine (C=N–C) groups is 1. The van der Waals surface area contributed by atoms with Crippen LogP contribution in [0.2, 0.25) is 0 Å². The predicted molar refractivity (Wildman–Crippen MR) is 108 cm³/mol. The van der Waals surface area contributed by atoms with E-state index in [0.717, 1.165) is 44.7 Å². The molecule has 1 aliphatic heterocycles. The highest BCUT2D eigenvalue weighted by molar-refractivity contribution is 7.90. The first kappa shape index (κ1) is 19.0. The van der Waals surface area contributed by atoms with Gasteiger partial charge in [0.1, 0.15) is 9.84 Å². The molecule has 3 rings (SSSR count). The minimum absolute atomic E-state index is 0.0856. The molecule has 2 fully saturated rings. The van der Waals surface area contributed by atoms with Gasteiger partial charge in [-0.3, -0.25) is 4.99 Å². The molecule has 26 heavy (non-hydrogen) atoms. The summed E-state index contributed by atoms with van der Waals surface area (Å²) in [4.78, 5) is 6.69. The lowest BCUT2D eigenvalue weighted by Crippen LogP contribution is -2.46. The SMILES string of the molecule is CN=C(NCC1(CS(C)(=O)=O)CC1)N1CCC(=Cc2ccccc2)CC1. The molecule has 1 saturated heterocycles. The van der Waals surface area contributed by atoms with Gasteiger partial charge in [0.25, 0.3) is 0 Å². The Kier molecular flexibility index (Phi) is 5.70. The maximum absolute atomic E-state index is 11.6. The Morgan fingerprint density at radius 2 is 1.88 bits per heavy atom. The predicted octanol–water partition coefficient (Wildman–Crippen LogP) is 2.57. The van der Waals surface area contributed by atoms with E-state index < -0.39 is 9.84 Å². The van der Waals surface area contributed by atoms with Crippen molar-refractivity contribution in [1.82, 2.24) is 10.2 Å². The zero-order valence-electron chi connectivity index (χ0n) is 15.7. The molecule has 2 aliphatic rings. The van der Waals surface area contributed by atoms with Gasteiger partial charge in [-0.15, -0.1) is 0 Å². The van der Waals surface area contributed by atoms with Crippen molar-refractivity contribution < 1.29 is 8.42 Å². The minimum atomic E-state index is -2.94.